The maximum absolute atomic E-state index is 11.5. The van der Waals surface area contributed by atoms with Gasteiger partial charge in [-0.15, -0.1) is 0 Å². The molecule has 1 aromatic heterocycles. The highest BCUT2D eigenvalue weighted by molar-refractivity contribution is 5.90. The van der Waals surface area contributed by atoms with E-state index in [1.165, 1.54) is 6.33 Å². The Bertz CT molecular complexity index is 332. The van der Waals surface area contributed by atoms with Gasteiger partial charge in [-0.3, -0.25) is 9.89 Å². The molecule has 6 heteroatoms. The number of carbonyl (C=O) groups is 1. The normalized spacial score (nSPS) is 17.4. The van der Waals surface area contributed by atoms with E-state index in [1.807, 2.05) is 0 Å². The van der Waals surface area contributed by atoms with Crippen molar-refractivity contribution in [3.63, 3.8) is 0 Å². The molecule has 0 aromatic carbocycles. The Morgan fingerprint density at radius 1 is 1.67 bits per heavy atom. The van der Waals surface area contributed by atoms with Crippen LogP contribution in [0.1, 0.15) is 29.9 Å². The number of rotatable bonds is 5. The van der Waals surface area contributed by atoms with E-state index < -0.39 is 0 Å². The Labute approximate surface area is 87.1 Å². The molecule has 0 spiro atoms. The van der Waals surface area contributed by atoms with Crippen LogP contribution in [0.2, 0.25) is 0 Å². The Morgan fingerprint density at radius 3 is 3.00 bits per heavy atom. The van der Waals surface area contributed by atoms with Crippen LogP contribution in [0.25, 0.3) is 0 Å². The number of amides is 1. The second-order valence-corrected chi connectivity index (χ2v) is 3.99. The van der Waals surface area contributed by atoms with Crippen molar-refractivity contribution >= 4 is 5.91 Å². The number of aromatic nitrogens is 3. The Hall–Kier alpha value is -1.43. The van der Waals surface area contributed by atoms with Gasteiger partial charge in [-0.1, -0.05) is 0 Å². The van der Waals surface area contributed by atoms with Crippen molar-refractivity contribution in [2.75, 3.05) is 13.2 Å². The molecular formula is C9H14N4O2. The second-order valence-electron chi connectivity index (χ2n) is 3.99. The third-order valence-corrected chi connectivity index (χ3v) is 2.85. The topological polar surface area (TPSA) is 90.9 Å². The van der Waals surface area contributed by atoms with Gasteiger partial charge in [0.1, 0.15) is 6.33 Å². The third kappa shape index (κ3) is 2.33. The Balaban J connectivity index is 1.81. The molecule has 0 unspecified atom stereocenters. The van der Waals surface area contributed by atoms with Gasteiger partial charge in [-0.05, 0) is 24.7 Å². The van der Waals surface area contributed by atoms with E-state index in [-0.39, 0.29) is 23.8 Å². The van der Waals surface area contributed by atoms with Crippen LogP contribution >= 0.6 is 0 Å². The SMILES string of the molecule is O=C(NCC1(CCO)CC1)c1ncn[nH]1. The molecule has 1 saturated carbocycles. The van der Waals surface area contributed by atoms with Crippen molar-refractivity contribution in [3.8, 4) is 0 Å². The molecule has 1 amide bonds. The largest absolute Gasteiger partial charge is 0.396 e. The lowest BCUT2D eigenvalue weighted by molar-refractivity contribution is 0.0931. The highest BCUT2D eigenvalue weighted by atomic mass is 16.3. The van der Waals surface area contributed by atoms with Gasteiger partial charge in [0.2, 0.25) is 5.82 Å². The summed E-state index contributed by atoms with van der Waals surface area (Å²) in [6, 6.07) is 0. The van der Waals surface area contributed by atoms with E-state index in [0.717, 1.165) is 19.3 Å². The lowest BCUT2D eigenvalue weighted by Gasteiger charge is -2.13. The van der Waals surface area contributed by atoms with Gasteiger partial charge < -0.3 is 10.4 Å². The van der Waals surface area contributed by atoms with Crippen molar-refractivity contribution in [3.05, 3.63) is 12.2 Å². The zero-order valence-corrected chi connectivity index (χ0v) is 8.36. The molecule has 6 nitrogen and oxygen atoms in total. The van der Waals surface area contributed by atoms with Gasteiger partial charge in [0.05, 0.1) is 0 Å². The van der Waals surface area contributed by atoms with E-state index in [9.17, 15) is 4.79 Å². The second kappa shape index (κ2) is 3.98. The number of aliphatic hydroxyl groups is 1. The predicted molar refractivity (Wildman–Crippen MR) is 52.1 cm³/mol. The fraction of sp³-hybridized carbons (Fsp3) is 0.667. The van der Waals surface area contributed by atoms with Crippen molar-refractivity contribution in [1.82, 2.24) is 20.5 Å². The van der Waals surface area contributed by atoms with Crippen LogP contribution in [0.3, 0.4) is 0 Å². The quantitative estimate of drug-likeness (QED) is 0.622. The first kappa shape index (κ1) is 10.1. The molecule has 82 valence electrons. The van der Waals surface area contributed by atoms with Gasteiger partial charge in [0, 0.05) is 13.2 Å². The number of nitrogens with one attached hydrogen (secondary N) is 2. The highest BCUT2D eigenvalue weighted by Crippen LogP contribution is 2.47. The molecule has 1 aliphatic rings. The van der Waals surface area contributed by atoms with E-state index in [2.05, 4.69) is 20.5 Å². The molecule has 1 heterocycles. The zero-order valence-electron chi connectivity index (χ0n) is 8.36. The maximum atomic E-state index is 11.5. The number of nitrogens with zero attached hydrogens (tertiary/aromatic N) is 2. The zero-order chi connectivity index (χ0) is 10.7. The van der Waals surface area contributed by atoms with Gasteiger partial charge in [0.25, 0.3) is 5.91 Å². The van der Waals surface area contributed by atoms with Gasteiger partial charge in [0.15, 0.2) is 0 Å². The van der Waals surface area contributed by atoms with Crippen LogP contribution in [0.4, 0.5) is 0 Å². The van der Waals surface area contributed by atoms with Crippen molar-refractivity contribution in [1.29, 1.82) is 0 Å². The monoisotopic (exact) mass is 210 g/mol. The van der Waals surface area contributed by atoms with Gasteiger partial charge in [-0.2, -0.15) is 5.10 Å². The summed E-state index contributed by atoms with van der Waals surface area (Å²) in [4.78, 5) is 15.2. The number of carbonyl (C=O) groups excluding carboxylic acids is 1. The van der Waals surface area contributed by atoms with E-state index in [1.54, 1.807) is 0 Å². The van der Waals surface area contributed by atoms with Crippen LogP contribution in [-0.2, 0) is 0 Å². The number of hydrogen-bond acceptors (Lipinski definition) is 4. The van der Waals surface area contributed by atoms with Gasteiger partial charge in [-0.25, -0.2) is 4.98 Å². The number of aliphatic hydroxyl groups excluding tert-OH is 1. The van der Waals surface area contributed by atoms with Crippen LogP contribution in [0.5, 0.6) is 0 Å². The van der Waals surface area contributed by atoms with Crippen LogP contribution in [0, 0.1) is 5.41 Å². The molecule has 1 fully saturated rings. The van der Waals surface area contributed by atoms with Crippen LogP contribution < -0.4 is 5.32 Å². The molecule has 1 aliphatic carbocycles. The minimum Gasteiger partial charge on any atom is -0.396 e. The molecule has 0 bridgehead atoms. The summed E-state index contributed by atoms with van der Waals surface area (Å²) < 4.78 is 0. The highest BCUT2D eigenvalue weighted by Gasteiger charge is 2.41. The summed E-state index contributed by atoms with van der Waals surface area (Å²) >= 11 is 0. The van der Waals surface area contributed by atoms with Gasteiger partial charge >= 0.3 is 0 Å². The molecule has 1 aromatic rings. The summed E-state index contributed by atoms with van der Waals surface area (Å²) in [5.74, 6) is -0.00786. The molecule has 15 heavy (non-hydrogen) atoms. The summed E-state index contributed by atoms with van der Waals surface area (Å²) in [5, 5.41) is 17.7. The fourth-order valence-corrected chi connectivity index (χ4v) is 1.60. The first-order valence-corrected chi connectivity index (χ1v) is 5.00. The van der Waals surface area contributed by atoms with E-state index in [4.69, 9.17) is 5.11 Å². The standard InChI is InChI=1S/C9H14N4O2/c14-4-3-9(1-2-9)5-10-8(15)7-11-6-12-13-7/h6,14H,1-5H2,(H,10,15)(H,11,12,13). The van der Waals surface area contributed by atoms with Crippen molar-refractivity contribution in [2.24, 2.45) is 5.41 Å². The van der Waals surface area contributed by atoms with Crippen LogP contribution in [0.15, 0.2) is 6.33 Å². The molecule has 3 N–H and O–H groups in total. The minimum atomic E-state index is -0.239. The lowest BCUT2D eigenvalue weighted by Crippen LogP contribution is -2.31. The first-order valence-electron chi connectivity index (χ1n) is 5.00. The van der Waals surface area contributed by atoms with Crippen molar-refractivity contribution < 1.29 is 9.90 Å². The number of hydrogen-bond donors (Lipinski definition) is 3. The molecular weight excluding hydrogens is 196 g/mol. The summed E-state index contributed by atoms with van der Waals surface area (Å²) in [7, 11) is 0. The molecule has 0 aliphatic heterocycles. The van der Waals surface area contributed by atoms with E-state index in [0.29, 0.717) is 6.54 Å². The first-order chi connectivity index (χ1) is 7.26. The lowest BCUT2D eigenvalue weighted by atomic mass is 10.0. The number of aromatic amines is 1. The third-order valence-electron chi connectivity index (χ3n) is 2.85. The Morgan fingerprint density at radius 2 is 2.47 bits per heavy atom. The maximum Gasteiger partial charge on any atom is 0.288 e. The predicted octanol–water partition coefficient (Wildman–Crippen LogP) is -0.303. The molecule has 0 saturated heterocycles. The minimum absolute atomic E-state index is 0.129. The molecule has 0 atom stereocenters. The van der Waals surface area contributed by atoms with Crippen molar-refractivity contribution in [2.45, 2.75) is 19.3 Å². The molecule has 0 radical (unpaired) electrons. The summed E-state index contributed by atoms with van der Waals surface area (Å²) in [6.45, 7) is 0.783. The fourth-order valence-electron chi connectivity index (χ4n) is 1.60. The van der Waals surface area contributed by atoms with E-state index >= 15 is 0 Å². The average Bonchev–Trinajstić information content (AvgIpc) is 2.81. The van der Waals surface area contributed by atoms with Crippen LogP contribution in [-0.4, -0.2) is 39.3 Å². The summed E-state index contributed by atoms with van der Waals surface area (Å²) in [6.07, 6.45) is 4.20. The molecule has 2 rings (SSSR count). The summed E-state index contributed by atoms with van der Waals surface area (Å²) in [5.41, 5.74) is 0.129. The Kier molecular flexibility index (Phi) is 2.68. The smallest absolute Gasteiger partial charge is 0.288 e. The number of H-pyrrole nitrogens is 1. The average molecular weight is 210 g/mol.